The summed E-state index contributed by atoms with van der Waals surface area (Å²) >= 11 is 1.21. The van der Waals surface area contributed by atoms with Gasteiger partial charge in [-0.15, -0.1) is 11.8 Å². The first-order valence-electron chi connectivity index (χ1n) is 4.16. The maximum Gasteiger partial charge on any atom is 0.354 e. The van der Waals surface area contributed by atoms with Crippen LogP contribution in [0.3, 0.4) is 0 Å². The van der Waals surface area contributed by atoms with E-state index in [-0.39, 0.29) is 5.69 Å². The van der Waals surface area contributed by atoms with Crippen molar-refractivity contribution >= 4 is 23.6 Å². The summed E-state index contributed by atoms with van der Waals surface area (Å²) < 4.78 is 0. The molecule has 1 amide bonds. The minimum absolute atomic E-state index is 0.0447. The summed E-state index contributed by atoms with van der Waals surface area (Å²) in [6, 6.07) is 3.04. The maximum atomic E-state index is 10.8. The number of pyridine rings is 1. The minimum atomic E-state index is -1.09. The monoisotopic (exact) mass is 226 g/mol. The Bertz CT molecular complexity index is 395. The summed E-state index contributed by atoms with van der Waals surface area (Å²) in [4.78, 5) is 25.7. The highest BCUT2D eigenvalue weighted by Gasteiger charge is 2.12. The lowest BCUT2D eigenvalue weighted by Gasteiger charge is -2.06. The number of aromatic nitrogens is 1. The first kappa shape index (κ1) is 11.5. The highest BCUT2D eigenvalue weighted by molar-refractivity contribution is 8.00. The van der Waals surface area contributed by atoms with Crippen molar-refractivity contribution < 1.29 is 14.7 Å². The molecule has 0 aliphatic carbocycles. The number of carboxylic acid groups (broad SMARTS) is 1. The van der Waals surface area contributed by atoms with Gasteiger partial charge in [-0.2, -0.15) is 0 Å². The molecule has 0 saturated carbocycles. The minimum Gasteiger partial charge on any atom is -0.477 e. The number of aromatic carboxylic acids is 1. The van der Waals surface area contributed by atoms with Crippen molar-refractivity contribution in [2.45, 2.75) is 17.1 Å². The topological polar surface area (TPSA) is 93.3 Å². The van der Waals surface area contributed by atoms with Crippen molar-refractivity contribution in [1.82, 2.24) is 4.98 Å². The van der Waals surface area contributed by atoms with Gasteiger partial charge in [-0.05, 0) is 19.1 Å². The standard InChI is InChI=1S/C9H10N2O3S/c1-5(8(10)12)15-6-2-3-11-7(4-6)9(13)14/h2-5H,1H3,(H2,10,12)(H,13,14). The van der Waals surface area contributed by atoms with Crippen molar-refractivity contribution in [3.8, 4) is 0 Å². The molecule has 0 spiro atoms. The molecule has 0 bridgehead atoms. The Hall–Kier alpha value is -1.56. The maximum absolute atomic E-state index is 10.8. The van der Waals surface area contributed by atoms with Crippen LogP contribution in [-0.4, -0.2) is 27.2 Å². The molecule has 1 heterocycles. The van der Waals surface area contributed by atoms with Crippen LogP contribution in [-0.2, 0) is 4.79 Å². The van der Waals surface area contributed by atoms with Gasteiger partial charge in [0.25, 0.3) is 0 Å². The molecule has 80 valence electrons. The van der Waals surface area contributed by atoms with E-state index in [1.165, 1.54) is 24.0 Å². The van der Waals surface area contributed by atoms with Crippen LogP contribution in [0.2, 0.25) is 0 Å². The van der Waals surface area contributed by atoms with Crippen molar-refractivity contribution in [2.24, 2.45) is 5.73 Å². The van der Waals surface area contributed by atoms with E-state index in [4.69, 9.17) is 10.8 Å². The molecule has 0 aromatic carbocycles. The summed E-state index contributed by atoms with van der Waals surface area (Å²) in [5.41, 5.74) is 5.05. The van der Waals surface area contributed by atoms with E-state index < -0.39 is 17.1 Å². The molecule has 5 nitrogen and oxygen atoms in total. The molecule has 0 saturated heterocycles. The largest absolute Gasteiger partial charge is 0.477 e. The van der Waals surface area contributed by atoms with Crippen LogP contribution in [0.1, 0.15) is 17.4 Å². The van der Waals surface area contributed by atoms with E-state index >= 15 is 0 Å². The molecular weight excluding hydrogens is 216 g/mol. The quantitative estimate of drug-likeness (QED) is 0.739. The Morgan fingerprint density at radius 3 is 2.80 bits per heavy atom. The van der Waals surface area contributed by atoms with Crippen LogP contribution >= 0.6 is 11.8 Å². The number of carboxylic acids is 1. The molecule has 1 aromatic rings. The zero-order valence-corrected chi connectivity index (χ0v) is 8.82. The van der Waals surface area contributed by atoms with Gasteiger partial charge < -0.3 is 10.8 Å². The number of hydrogen-bond acceptors (Lipinski definition) is 4. The molecule has 0 aliphatic rings. The average molecular weight is 226 g/mol. The van der Waals surface area contributed by atoms with Gasteiger partial charge in [0.15, 0.2) is 0 Å². The molecule has 0 aliphatic heterocycles. The molecule has 3 N–H and O–H groups in total. The van der Waals surface area contributed by atoms with E-state index in [9.17, 15) is 9.59 Å². The Balaban J connectivity index is 2.82. The predicted molar refractivity (Wildman–Crippen MR) is 55.7 cm³/mol. The molecule has 6 heteroatoms. The molecule has 15 heavy (non-hydrogen) atoms. The number of nitrogens with zero attached hydrogens (tertiary/aromatic N) is 1. The van der Waals surface area contributed by atoms with Crippen molar-refractivity contribution in [3.05, 3.63) is 24.0 Å². The SMILES string of the molecule is CC(Sc1ccnc(C(=O)O)c1)C(N)=O. The van der Waals surface area contributed by atoms with Crippen molar-refractivity contribution in [3.63, 3.8) is 0 Å². The highest BCUT2D eigenvalue weighted by Crippen LogP contribution is 2.22. The summed E-state index contributed by atoms with van der Waals surface area (Å²) in [5, 5.41) is 8.29. The number of carbonyl (C=O) groups excluding carboxylic acids is 1. The Labute approximate surface area is 90.7 Å². The predicted octanol–water partition coefficient (Wildman–Crippen LogP) is 0.746. The van der Waals surface area contributed by atoms with Crippen LogP contribution < -0.4 is 5.73 Å². The fourth-order valence-electron chi connectivity index (χ4n) is 0.864. The van der Waals surface area contributed by atoms with Gasteiger partial charge >= 0.3 is 5.97 Å². The first-order chi connectivity index (χ1) is 7.00. The molecule has 0 radical (unpaired) electrons. The third kappa shape index (κ3) is 3.25. The number of hydrogen-bond donors (Lipinski definition) is 2. The lowest BCUT2D eigenvalue weighted by molar-refractivity contribution is -0.117. The second kappa shape index (κ2) is 4.79. The number of carbonyl (C=O) groups is 2. The van der Waals surface area contributed by atoms with Crippen LogP contribution in [0.15, 0.2) is 23.2 Å². The third-order valence-corrected chi connectivity index (χ3v) is 2.78. The fourth-order valence-corrected chi connectivity index (χ4v) is 1.71. The van der Waals surface area contributed by atoms with Crippen LogP contribution in [0.5, 0.6) is 0 Å². The van der Waals surface area contributed by atoms with Gasteiger partial charge in [0.1, 0.15) is 5.69 Å². The molecule has 0 fully saturated rings. The zero-order chi connectivity index (χ0) is 11.4. The average Bonchev–Trinajstić information content (AvgIpc) is 2.18. The van der Waals surface area contributed by atoms with Gasteiger partial charge in [0.2, 0.25) is 5.91 Å². The smallest absolute Gasteiger partial charge is 0.354 e. The second-order valence-corrected chi connectivity index (χ2v) is 4.26. The van der Waals surface area contributed by atoms with E-state index in [2.05, 4.69) is 4.98 Å². The van der Waals surface area contributed by atoms with Gasteiger partial charge in [-0.1, -0.05) is 0 Å². The Kier molecular flexibility index (Phi) is 3.68. The second-order valence-electron chi connectivity index (χ2n) is 2.84. The van der Waals surface area contributed by atoms with Gasteiger partial charge in [0, 0.05) is 11.1 Å². The molecule has 1 aromatic heterocycles. The summed E-state index contributed by atoms with van der Waals surface area (Å²) in [7, 11) is 0. The van der Waals surface area contributed by atoms with E-state index in [0.717, 1.165) is 0 Å². The van der Waals surface area contributed by atoms with Crippen molar-refractivity contribution in [2.75, 3.05) is 0 Å². The number of amides is 1. The molecule has 1 atom stereocenters. The molecular formula is C9H10N2O3S. The fraction of sp³-hybridized carbons (Fsp3) is 0.222. The van der Waals surface area contributed by atoms with E-state index in [0.29, 0.717) is 4.90 Å². The molecule has 1 rings (SSSR count). The van der Waals surface area contributed by atoms with Crippen LogP contribution in [0.25, 0.3) is 0 Å². The number of primary amides is 1. The summed E-state index contributed by atoms with van der Waals surface area (Å²) in [6.45, 7) is 1.66. The first-order valence-corrected chi connectivity index (χ1v) is 5.04. The number of thioether (sulfide) groups is 1. The number of nitrogens with two attached hydrogens (primary N) is 1. The summed E-state index contributed by atoms with van der Waals surface area (Å²) in [6.07, 6.45) is 1.39. The van der Waals surface area contributed by atoms with Crippen LogP contribution in [0.4, 0.5) is 0 Å². The molecule has 1 unspecified atom stereocenters. The lowest BCUT2D eigenvalue weighted by Crippen LogP contribution is -2.22. The zero-order valence-electron chi connectivity index (χ0n) is 8.01. The lowest BCUT2D eigenvalue weighted by atomic mass is 10.3. The van der Waals surface area contributed by atoms with E-state index in [1.807, 2.05) is 0 Å². The van der Waals surface area contributed by atoms with E-state index in [1.54, 1.807) is 13.0 Å². The Morgan fingerprint density at radius 2 is 2.27 bits per heavy atom. The van der Waals surface area contributed by atoms with Gasteiger partial charge in [-0.3, -0.25) is 4.79 Å². The van der Waals surface area contributed by atoms with Gasteiger partial charge in [0.05, 0.1) is 5.25 Å². The number of rotatable bonds is 4. The third-order valence-electron chi connectivity index (χ3n) is 1.66. The summed E-state index contributed by atoms with van der Waals surface area (Å²) in [5.74, 6) is -1.53. The van der Waals surface area contributed by atoms with Crippen molar-refractivity contribution in [1.29, 1.82) is 0 Å². The Morgan fingerprint density at radius 1 is 1.60 bits per heavy atom. The van der Waals surface area contributed by atoms with Gasteiger partial charge in [-0.25, -0.2) is 9.78 Å². The highest BCUT2D eigenvalue weighted by atomic mass is 32.2. The van der Waals surface area contributed by atoms with Crippen LogP contribution in [0, 0.1) is 0 Å². The normalized spacial score (nSPS) is 12.1.